The minimum Gasteiger partial charge on any atom is -0.326 e. The second-order valence-corrected chi connectivity index (χ2v) is 5.20. The highest BCUT2D eigenvalue weighted by molar-refractivity contribution is 5.92. The average molecular weight is 260 g/mol. The fraction of sp³-hybridized carbons (Fsp3) is 0.562. The SMILES string of the molecule is CCc1cccc(CC)c1NC(=O)CC1CCCN1. The zero-order chi connectivity index (χ0) is 13.7. The summed E-state index contributed by atoms with van der Waals surface area (Å²) in [6.45, 7) is 5.30. The Balaban J connectivity index is 2.06. The molecule has 1 atom stereocenters. The number of nitrogens with one attached hydrogen (secondary N) is 2. The molecule has 0 radical (unpaired) electrons. The van der Waals surface area contributed by atoms with Crippen molar-refractivity contribution in [3.8, 4) is 0 Å². The first-order valence-electron chi connectivity index (χ1n) is 7.38. The first-order chi connectivity index (χ1) is 9.24. The molecule has 1 heterocycles. The zero-order valence-corrected chi connectivity index (χ0v) is 12.0. The number of hydrogen-bond donors (Lipinski definition) is 2. The van der Waals surface area contributed by atoms with Crippen LogP contribution in [-0.4, -0.2) is 18.5 Å². The molecule has 0 saturated carbocycles. The lowest BCUT2D eigenvalue weighted by Crippen LogP contribution is -2.28. The van der Waals surface area contributed by atoms with Crippen LogP contribution in [0, 0.1) is 0 Å². The summed E-state index contributed by atoms with van der Waals surface area (Å²) >= 11 is 0. The molecule has 1 aromatic rings. The Bertz CT molecular complexity index is 414. The monoisotopic (exact) mass is 260 g/mol. The Labute approximate surface area is 115 Å². The van der Waals surface area contributed by atoms with Crippen molar-refractivity contribution in [1.82, 2.24) is 5.32 Å². The van der Waals surface area contributed by atoms with Gasteiger partial charge in [0, 0.05) is 18.2 Å². The van der Waals surface area contributed by atoms with E-state index in [2.05, 4.69) is 42.7 Å². The number of hydrogen-bond acceptors (Lipinski definition) is 2. The molecule has 0 bridgehead atoms. The number of carbonyl (C=O) groups excluding carboxylic acids is 1. The molecule has 2 rings (SSSR count). The molecular weight excluding hydrogens is 236 g/mol. The molecule has 3 heteroatoms. The molecule has 1 amide bonds. The van der Waals surface area contributed by atoms with Crippen molar-refractivity contribution >= 4 is 11.6 Å². The van der Waals surface area contributed by atoms with Crippen molar-refractivity contribution in [2.75, 3.05) is 11.9 Å². The van der Waals surface area contributed by atoms with Gasteiger partial charge < -0.3 is 10.6 Å². The molecule has 104 valence electrons. The van der Waals surface area contributed by atoms with Gasteiger partial charge in [0.25, 0.3) is 0 Å². The van der Waals surface area contributed by atoms with Gasteiger partial charge in [0.05, 0.1) is 0 Å². The summed E-state index contributed by atoms with van der Waals surface area (Å²) in [4.78, 5) is 12.2. The predicted molar refractivity (Wildman–Crippen MR) is 79.5 cm³/mol. The van der Waals surface area contributed by atoms with E-state index in [1.54, 1.807) is 0 Å². The molecule has 1 fully saturated rings. The maximum absolute atomic E-state index is 12.2. The Morgan fingerprint density at radius 2 is 2.00 bits per heavy atom. The van der Waals surface area contributed by atoms with Gasteiger partial charge in [-0.3, -0.25) is 4.79 Å². The van der Waals surface area contributed by atoms with Crippen molar-refractivity contribution in [1.29, 1.82) is 0 Å². The van der Waals surface area contributed by atoms with Crippen molar-refractivity contribution in [3.63, 3.8) is 0 Å². The van der Waals surface area contributed by atoms with E-state index in [-0.39, 0.29) is 5.91 Å². The largest absolute Gasteiger partial charge is 0.326 e. The summed E-state index contributed by atoms with van der Waals surface area (Å²) in [5.41, 5.74) is 3.50. The van der Waals surface area contributed by atoms with Crippen LogP contribution >= 0.6 is 0 Å². The average Bonchev–Trinajstić information content (AvgIpc) is 2.91. The van der Waals surface area contributed by atoms with Gasteiger partial charge in [0.15, 0.2) is 0 Å². The van der Waals surface area contributed by atoms with Crippen LogP contribution in [0.2, 0.25) is 0 Å². The molecule has 0 spiro atoms. The second-order valence-electron chi connectivity index (χ2n) is 5.20. The molecule has 0 aromatic heterocycles. The lowest BCUT2D eigenvalue weighted by molar-refractivity contribution is -0.116. The molecule has 1 aliphatic heterocycles. The summed E-state index contributed by atoms with van der Waals surface area (Å²) in [5, 5.41) is 6.50. The van der Waals surface area contributed by atoms with Gasteiger partial charge in [-0.1, -0.05) is 32.0 Å². The van der Waals surface area contributed by atoms with E-state index in [1.807, 2.05) is 0 Å². The van der Waals surface area contributed by atoms with Gasteiger partial charge in [0.1, 0.15) is 0 Å². The van der Waals surface area contributed by atoms with E-state index < -0.39 is 0 Å². The summed E-state index contributed by atoms with van der Waals surface area (Å²) in [5.74, 6) is 0.134. The van der Waals surface area contributed by atoms with Crippen molar-refractivity contribution in [2.45, 2.75) is 52.0 Å². The normalized spacial score (nSPS) is 18.5. The van der Waals surface area contributed by atoms with Crippen molar-refractivity contribution in [2.24, 2.45) is 0 Å². The van der Waals surface area contributed by atoms with E-state index in [4.69, 9.17) is 0 Å². The summed E-state index contributed by atoms with van der Waals surface area (Å²) in [6.07, 6.45) is 4.78. The van der Waals surface area contributed by atoms with Crippen molar-refractivity contribution in [3.05, 3.63) is 29.3 Å². The fourth-order valence-electron chi connectivity index (χ4n) is 2.75. The quantitative estimate of drug-likeness (QED) is 0.854. The van der Waals surface area contributed by atoms with Crippen LogP contribution in [0.1, 0.15) is 44.2 Å². The number of rotatable bonds is 5. The summed E-state index contributed by atoms with van der Waals surface area (Å²) < 4.78 is 0. The molecule has 2 N–H and O–H groups in total. The highest BCUT2D eigenvalue weighted by atomic mass is 16.1. The van der Waals surface area contributed by atoms with Gasteiger partial charge in [-0.25, -0.2) is 0 Å². The topological polar surface area (TPSA) is 41.1 Å². The summed E-state index contributed by atoms with van der Waals surface area (Å²) in [6, 6.07) is 6.63. The van der Waals surface area contributed by atoms with Crippen LogP contribution in [0.25, 0.3) is 0 Å². The minimum absolute atomic E-state index is 0.134. The van der Waals surface area contributed by atoms with Gasteiger partial charge in [-0.2, -0.15) is 0 Å². The predicted octanol–water partition coefficient (Wildman–Crippen LogP) is 2.89. The lowest BCUT2D eigenvalue weighted by Gasteiger charge is -2.16. The van der Waals surface area contributed by atoms with Crippen LogP contribution in [0.15, 0.2) is 18.2 Å². The number of para-hydroxylation sites is 1. The van der Waals surface area contributed by atoms with Gasteiger partial charge in [0.2, 0.25) is 5.91 Å². The second kappa shape index (κ2) is 6.71. The van der Waals surface area contributed by atoms with Gasteiger partial charge in [-0.05, 0) is 43.4 Å². The third-order valence-corrected chi connectivity index (χ3v) is 3.86. The smallest absolute Gasteiger partial charge is 0.225 e. The highest BCUT2D eigenvalue weighted by Gasteiger charge is 2.18. The van der Waals surface area contributed by atoms with Crippen LogP contribution in [0.4, 0.5) is 5.69 Å². The molecule has 3 nitrogen and oxygen atoms in total. The number of benzene rings is 1. The Kier molecular flexibility index (Phi) is 4.97. The molecule has 1 unspecified atom stereocenters. The Morgan fingerprint density at radius 1 is 1.32 bits per heavy atom. The van der Waals surface area contributed by atoms with E-state index in [0.29, 0.717) is 12.5 Å². The third-order valence-electron chi connectivity index (χ3n) is 3.86. The lowest BCUT2D eigenvalue weighted by atomic mass is 10.0. The molecular formula is C16H24N2O. The van der Waals surface area contributed by atoms with E-state index in [9.17, 15) is 4.79 Å². The van der Waals surface area contributed by atoms with Gasteiger partial charge in [-0.15, -0.1) is 0 Å². The van der Waals surface area contributed by atoms with Crippen LogP contribution < -0.4 is 10.6 Å². The minimum atomic E-state index is 0.134. The molecule has 1 aliphatic rings. The summed E-state index contributed by atoms with van der Waals surface area (Å²) in [7, 11) is 0. The molecule has 0 aliphatic carbocycles. The maximum atomic E-state index is 12.2. The number of aryl methyl sites for hydroxylation is 2. The van der Waals surface area contributed by atoms with Crippen LogP contribution in [0.3, 0.4) is 0 Å². The molecule has 1 saturated heterocycles. The van der Waals surface area contributed by atoms with E-state index >= 15 is 0 Å². The third kappa shape index (κ3) is 3.57. The maximum Gasteiger partial charge on any atom is 0.225 e. The molecule has 19 heavy (non-hydrogen) atoms. The Hall–Kier alpha value is -1.35. The number of amides is 1. The zero-order valence-electron chi connectivity index (χ0n) is 12.0. The standard InChI is InChI=1S/C16H24N2O/c1-3-12-7-5-8-13(4-2)16(12)18-15(19)11-14-9-6-10-17-14/h5,7-8,14,17H,3-4,6,9-11H2,1-2H3,(H,18,19). The first-order valence-corrected chi connectivity index (χ1v) is 7.38. The molecule has 1 aromatic carbocycles. The highest BCUT2D eigenvalue weighted by Crippen LogP contribution is 2.23. The van der Waals surface area contributed by atoms with Gasteiger partial charge >= 0.3 is 0 Å². The first kappa shape index (κ1) is 14.1. The number of carbonyl (C=O) groups is 1. The van der Waals surface area contributed by atoms with Crippen LogP contribution in [-0.2, 0) is 17.6 Å². The number of anilines is 1. The van der Waals surface area contributed by atoms with Crippen molar-refractivity contribution < 1.29 is 4.79 Å². The Morgan fingerprint density at radius 3 is 2.53 bits per heavy atom. The van der Waals surface area contributed by atoms with E-state index in [0.717, 1.165) is 31.5 Å². The fourth-order valence-corrected chi connectivity index (χ4v) is 2.75. The van der Waals surface area contributed by atoms with E-state index in [1.165, 1.54) is 17.5 Å². The van der Waals surface area contributed by atoms with Crippen LogP contribution in [0.5, 0.6) is 0 Å².